The lowest BCUT2D eigenvalue weighted by atomic mass is 10.1. The highest BCUT2D eigenvalue weighted by molar-refractivity contribution is 7.49. The van der Waals surface area contributed by atoms with Gasteiger partial charge in [0.15, 0.2) is 0 Å². The minimum atomic E-state index is -0.242. The second-order valence-electron chi connectivity index (χ2n) is 5.20. The van der Waals surface area contributed by atoms with Gasteiger partial charge in [0.25, 0.3) is 0 Å². The number of hydrogen-bond donors (Lipinski definition) is 0. The minimum absolute atomic E-state index is 0.242. The molecule has 2 aromatic carbocycles. The number of hydrogen-bond acceptors (Lipinski definition) is 7. The third-order valence-corrected chi connectivity index (χ3v) is 4.92. The van der Waals surface area contributed by atoms with Crippen LogP contribution in [0.5, 0.6) is 34.5 Å². The van der Waals surface area contributed by atoms with Crippen LogP contribution in [0.15, 0.2) is 24.3 Å². The molecule has 0 radical (unpaired) electrons. The van der Waals surface area contributed by atoms with Crippen LogP contribution in [0.25, 0.3) is 0 Å². The molecule has 0 saturated heterocycles. The van der Waals surface area contributed by atoms with E-state index in [1.165, 1.54) is 35.5 Å². The highest BCUT2D eigenvalue weighted by atomic mass is 31.1. The predicted molar refractivity (Wildman–Crippen MR) is 103 cm³/mol. The molecule has 0 heterocycles. The average molecular weight is 393 g/mol. The van der Waals surface area contributed by atoms with Crippen LogP contribution in [0.1, 0.15) is 5.56 Å². The summed E-state index contributed by atoms with van der Waals surface area (Å²) >= 11 is 0. The molecule has 0 atom stereocenters. The minimum Gasteiger partial charge on any atom is -0.823 e. The Hall–Kier alpha value is -2.63. The summed E-state index contributed by atoms with van der Waals surface area (Å²) < 4.78 is 32.0. The van der Waals surface area contributed by atoms with Gasteiger partial charge in [0, 0.05) is 24.3 Å². The van der Waals surface area contributed by atoms with Crippen molar-refractivity contribution >= 4 is 19.0 Å². The van der Waals surface area contributed by atoms with Crippen LogP contribution in [0.3, 0.4) is 0 Å². The molecule has 0 aliphatic rings. The normalized spacial score (nSPS) is 11.0. The van der Waals surface area contributed by atoms with Gasteiger partial charge in [0.05, 0.1) is 53.5 Å². The largest absolute Gasteiger partial charge is 0.823 e. The summed E-state index contributed by atoms with van der Waals surface area (Å²) in [6, 6.07) is 6.66. The van der Waals surface area contributed by atoms with Gasteiger partial charge >= 0.3 is 0 Å². The molecule has 0 saturated carbocycles. The third-order valence-electron chi connectivity index (χ3n) is 3.83. The first kappa shape index (κ1) is 20.7. The molecule has 0 aliphatic carbocycles. The summed E-state index contributed by atoms with van der Waals surface area (Å²) in [7, 11) is 9.41. The summed E-state index contributed by atoms with van der Waals surface area (Å²) in [5.41, 5.74) is 0.0653. The summed E-state index contributed by atoms with van der Waals surface area (Å²) in [6.07, 6.45) is 0. The van der Waals surface area contributed by atoms with E-state index in [9.17, 15) is 5.11 Å². The van der Waals surface area contributed by atoms with E-state index in [1.807, 2.05) is 0 Å². The van der Waals surface area contributed by atoms with Crippen LogP contribution in [0.2, 0.25) is 0 Å². The van der Waals surface area contributed by atoms with Gasteiger partial charge in [-0.05, 0) is 0 Å². The molecule has 0 N–H and O–H groups in total. The fourth-order valence-electron chi connectivity index (χ4n) is 2.47. The molecule has 7 nitrogen and oxygen atoms in total. The van der Waals surface area contributed by atoms with E-state index in [0.29, 0.717) is 53.6 Å². The smallest absolute Gasteiger partial charge is 0.138 e. The van der Waals surface area contributed by atoms with E-state index in [2.05, 4.69) is 0 Å². The Kier molecular flexibility index (Phi) is 7.16. The van der Waals surface area contributed by atoms with Crippen molar-refractivity contribution in [1.29, 1.82) is 0 Å². The highest BCUT2D eigenvalue weighted by Gasteiger charge is 2.16. The SMILES string of the molecule is COc1cc(OC)c(P=C([O-])c2c(OC)cc(OC)cc2OC)c(OC)c1. The topological polar surface area (TPSA) is 78.4 Å². The van der Waals surface area contributed by atoms with Crippen molar-refractivity contribution in [3.05, 3.63) is 29.8 Å². The van der Waals surface area contributed by atoms with Gasteiger partial charge in [-0.15, -0.1) is 0 Å². The van der Waals surface area contributed by atoms with Gasteiger partial charge in [-0.25, -0.2) is 0 Å². The predicted octanol–water partition coefficient (Wildman–Crippen LogP) is 1.85. The summed E-state index contributed by atoms with van der Waals surface area (Å²) in [5, 5.41) is 13.7. The van der Waals surface area contributed by atoms with Crippen molar-refractivity contribution in [2.75, 3.05) is 42.7 Å². The fourth-order valence-corrected chi connectivity index (χ4v) is 3.54. The number of benzene rings is 2. The molecule has 0 amide bonds. The van der Waals surface area contributed by atoms with Gasteiger partial charge in [0.2, 0.25) is 0 Å². The first-order valence-corrected chi connectivity index (χ1v) is 8.78. The van der Waals surface area contributed by atoms with E-state index in [0.717, 1.165) is 0 Å². The van der Waals surface area contributed by atoms with E-state index in [4.69, 9.17) is 28.4 Å². The monoisotopic (exact) mass is 393 g/mol. The Bertz CT molecular complexity index is 783. The molecular formula is C19H22O7P-. The van der Waals surface area contributed by atoms with Crippen molar-refractivity contribution in [2.45, 2.75) is 0 Å². The average Bonchev–Trinajstić information content (AvgIpc) is 2.72. The fraction of sp³-hybridized carbons (Fsp3) is 0.316. The zero-order valence-electron chi connectivity index (χ0n) is 16.1. The Morgan fingerprint density at radius 2 is 1.00 bits per heavy atom. The maximum atomic E-state index is 13.1. The molecule has 0 unspecified atom stereocenters. The summed E-state index contributed by atoms with van der Waals surface area (Å²) in [4.78, 5) is 0. The zero-order chi connectivity index (χ0) is 20.0. The van der Waals surface area contributed by atoms with Crippen molar-refractivity contribution in [2.24, 2.45) is 0 Å². The molecule has 0 aliphatic heterocycles. The maximum absolute atomic E-state index is 13.1. The number of ether oxygens (including phenoxy) is 6. The Morgan fingerprint density at radius 1 is 0.630 bits per heavy atom. The van der Waals surface area contributed by atoms with E-state index < -0.39 is 0 Å². The third kappa shape index (κ3) is 4.38. The zero-order valence-corrected chi connectivity index (χ0v) is 17.0. The molecular weight excluding hydrogens is 371 g/mol. The van der Waals surface area contributed by atoms with Crippen LogP contribution in [-0.4, -0.2) is 48.1 Å². The van der Waals surface area contributed by atoms with E-state index >= 15 is 0 Å². The summed E-state index contributed by atoms with van der Waals surface area (Å²) in [6.45, 7) is 0. The highest BCUT2D eigenvalue weighted by Crippen LogP contribution is 2.36. The molecule has 0 bridgehead atoms. The van der Waals surface area contributed by atoms with Crippen molar-refractivity contribution in [1.82, 2.24) is 0 Å². The molecule has 0 aromatic heterocycles. The van der Waals surface area contributed by atoms with E-state index in [-0.39, 0.29) is 5.48 Å². The molecule has 146 valence electrons. The quantitative estimate of drug-likeness (QED) is 0.634. The van der Waals surface area contributed by atoms with Crippen LogP contribution in [0, 0.1) is 0 Å². The molecule has 2 rings (SSSR count). The van der Waals surface area contributed by atoms with Gasteiger partial charge < -0.3 is 33.5 Å². The van der Waals surface area contributed by atoms with Crippen LogP contribution < -0.4 is 38.8 Å². The lowest BCUT2D eigenvalue weighted by Gasteiger charge is -2.21. The van der Waals surface area contributed by atoms with Crippen LogP contribution >= 0.6 is 8.20 Å². The van der Waals surface area contributed by atoms with Gasteiger partial charge in [0.1, 0.15) is 34.5 Å². The van der Waals surface area contributed by atoms with Crippen molar-refractivity contribution in [3.8, 4) is 34.5 Å². The van der Waals surface area contributed by atoms with E-state index in [1.54, 1.807) is 31.4 Å². The first-order valence-electron chi connectivity index (χ1n) is 7.88. The molecule has 2 aromatic rings. The second-order valence-corrected chi connectivity index (χ2v) is 6.28. The number of methoxy groups -OCH3 is 6. The lowest BCUT2D eigenvalue weighted by Crippen LogP contribution is -2.20. The van der Waals surface area contributed by atoms with Gasteiger partial charge in [-0.2, -0.15) is 0 Å². The van der Waals surface area contributed by atoms with Crippen LogP contribution in [-0.2, 0) is 0 Å². The molecule has 0 spiro atoms. The Morgan fingerprint density at radius 3 is 1.33 bits per heavy atom. The Balaban J connectivity index is 2.68. The van der Waals surface area contributed by atoms with Gasteiger partial charge in [-0.3, -0.25) is 0 Å². The lowest BCUT2D eigenvalue weighted by molar-refractivity contribution is -0.207. The molecule has 0 fully saturated rings. The van der Waals surface area contributed by atoms with Crippen molar-refractivity contribution in [3.63, 3.8) is 0 Å². The Labute approximate surface area is 160 Å². The van der Waals surface area contributed by atoms with Crippen molar-refractivity contribution < 1.29 is 33.5 Å². The summed E-state index contributed by atoms with van der Waals surface area (Å²) in [5.74, 6) is 2.76. The second kappa shape index (κ2) is 9.35. The molecule has 27 heavy (non-hydrogen) atoms. The molecule has 8 heteroatoms. The van der Waals surface area contributed by atoms with Gasteiger partial charge in [-0.1, -0.05) is 13.7 Å². The number of rotatable bonds is 8. The standard InChI is InChI=1S/C19H23O7P/c1-21-11-7-13(23-3)17(14(8-11)24-4)19(20)27-18-15(25-5)9-12(22-2)10-16(18)26-6/h7-10,20H,1-6H3/p-1. The maximum Gasteiger partial charge on any atom is 0.138 e. The first-order chi connectivity index (χ1) is 13.0. The van der Waals surface area contributed by atoms with Crippen LogP contribution in [0.4, 0.5) is 0 Å².